The van der Waals surface area contributed by atoms with E-state index in [-0.39, 0.29) is 24.1 Å². The molecule has 2 aromatic carbocycles. The smallest absolute Gasteiger partial charge is 0.410 e. The molecule has 1 amide bonds. The molecule has 2 bridgehead atoms. The van der Waals surface area contributed by atoms with Gasteiger partial charge >= 0.3 is 6.09 Å². The molecule has 146 valence electrons. The summed E-state index contributed by atoms with van der Waals surface area (Å²) in [5.41, 5.74) is 3.26. The average molecular weight is 380 g/mol. The van der Waals surface area contributed by atoms with Gasteiger partial charge in [-0.3, -0.25) is 9.80 Å². The van der Waals surface area contributed by atoms with Crippen LogP contribution in [0.2, 0.25) is 0 Å². The van der Waals surface area contributed by atoms with Crippen LogP contribution in [0.1, 0.15) is 35.6 Å². The maximum atomic E-state index is 13.5. The Morgan fingerprint density at radius 1 is 1.04 bits per heavy atom. The Hall–Kier alpha value is -2.40. The van der Waals surface area contributed by atoms with Crippen molar-refractivity contribution in [1.82, 2.24) is 9.80 Å². The molecule has 5 rings (SSSR count). The lowest BCUT2D eigenvalue weighted by Gasteiger charge is -2.38. The van der Waals surface area contributed by atoms with Gasteiger partial charge in [-0.2, -0.15) is 0 Å². The molecule has 2 saturated heterocycles. The van der Waals surface area contributed by atoms with Crippen LogP contribution in [0.25, 0.3) is 0 Å². The number of rotatable bonds is 2. The van der Waals surface area contributed by atoms with Gasteiger partial charge in [0.15, 0.2) is 0 Å². The van der Waals surface area contributed by atoms with Crippen LogP contribution >= 0.6 is 0 Å². The summed E-state index contributed by atoms with van der Waals surface area (Å²) in [6, 6.07) is 14.4. The van der Waals surface area contributed by atoms with E-state index in [4.69, 9.17) is 4.74 Å². The van der Waals surface area contributed by atoms with Crippen LogP contribution in [0.4, 0.5) is 9.18 Å². The molecular formula is C23H25FN2O2. The molecule has 3 heterocycles. The Kier molecular flexibility index (Phi) is 4.55. The Morgan fingerprint density at radius 3 is 2.68 bits per heavy atom. The first-order valence-electron chi connectivity index (χ1n) is 10.2. The lowest BCUT2D eigenvalue weighted by Crippen LogP contribution is -2.45. The number of carbonyl (C=O) groups excluding carboxylic acids is 1. The minimum atomic E-state index is -0.270. The molecule has 0 aromatic heterocycles. The third-order valence-electron chi connectivity index (χ3n) is 6.40. The number of hydrogen-bond donors (Lipinski definition) is 0. The van der Waals surface area contributed by atoms with Gasteiger partial charge in [-0.15, -0.1) is 0 Å². The predicted octanol–water partition coefficient (Wildman–Crippen LogP) is 4.00. The lowest BCUT2D eigenvalue weighted by molar-refractivity contribution is 0.0185. The van der Waals surface area contributed by atoms with Crippen molar-refractivity contribution >= 4 is 6.09 Å². The summed E-state index contributed by atoms with van der Waals surface area (Å²) in [7, 11) is 0. The van der Waals surface area contributed by atoms with Crippen LogP contribution in [0.15, 0.2) is 48.5 Å². The monoisotopic (exact) mass is 380 g/mol. The van der Waals surface area contributed by atoms with Gasteiger partial charge in [-0.1, -0.05) is 36.4 Å². The van der Waals surface area contributed by atoms with Crippen LogP contribution in [0, 0.1) is 11.7 Å². The topological polar surface area (TPSA) is 32.8 Å². The number of piperidine rings is 1. The van der Waals surface area contributed by atoms with Gasteiger partial charge in [0.25, 0.3) is 0 Å². The van der Waals surface area contributed by atoms with Crippen molar-refractivity contribution < 1.29 is 13.9 Å². The Bertz CT molecular complexity index is 857. The molecule has 0 aliphatic carbocycles. The van der Waals surface area contributed by atoms with Crippen molar-refractivity contribution in [1.29, 1.82) is 0 Å². The zero-order valence-electron chi connectivity index (χ0n) is 15.9. The first kappa shape index (κ1) is 17.7. The summed E-state index contributed by atoms with van der Waals surface area (Å²) in [6.07, 6.45) is 2.70. The van der Waals surface area contributed by atoms with Crippen molar-refractivity contribution in [2.75, 3.05) is 26.2 Å². The molecule has 3 aliphatic heterocycles. The fraction of sp³-hybridized carbons (Fsp3) is 0.435. The second-order valence-electron chi connectivity index (χ2n) is 8.25. The van der Waals surface area contributed by atoms with Gasteiger partial charge in [0.05, 0.1) is 6.04 Å². The van der Waals surface area contributed by atoms with Crippen LogP contribution in [-0.4, -0.2) is 48.2 Å². The Morgan fingerprint density at radius 2 is 1.86 bits per heavy atom. The number of carbonyl (C=O) groups is 1. The molecule has 2 aromatic rings. The van der Waals surface area contributed by atoms with Crippen molar-refractivity contribution in [2.24, 2.45) is 5.92 Å². The van der Waals surface area contributed by atoms with Crippen LogP contribution < -0.4 is 0 Å². The number of fused-ring (bicyclic) bond motifs is 3. The summed E-state index contributed by atoms with van der Waals surface area (Å²) in [6.45, 7) is 3.71. The van der Waals surface area contributed by atoms with E-state index in [1.54, 1.807) is 12.1 Å². The summed E-state index contributed by atoms with van der Waals surface area (Å²) < 4.78 is 19.5. The van der Waals surface area contributed by atoms with Gasteiger partial charge in [0, 0.05) is 19.6 Å². The highest BCUT2D eigenvalue weighted by Crippen LogP contribution is 2.36. The van der Waals surface area contributed by atoms with E-state index in [1.807, 2.05) is 17.0 Å². The van der Waals surface area contributed by atoms with Crippen molar-refractivity contribution in [3.63, 3.8) is 0 Å². The van der Waals surface area contributed by atoms with Crippen LogP contribution in [0.3, 0.4) is 0 Å². The predicted molar refractivity (Wildman–Crippen MR) is 105 cm³/mol. The SMILES string of the molecule is O=C(OC1CC2CCN(C2)C1)N1CCc2ccccc2[C@@H]1c1ccc(F)cc1. The normalized spacial score (nSPS) is 28.7. The van der Waals surface area contributed by atoms with E-state index in [9.17, 15) is 9.18 Å². The third kappa shape index (κ3) is 3.28. The quantitative estimate of drug-likeness (QED) is 0.789. The molecule has 28 heavy (non-hydrogen) atoms. The molecule has 4 atom stereocenters. The first-order valence-corrected chi connectivity index (χ1v) is 10.2. The summed E-state index contributed by atoms with van der Waals surface area (Å²) in [5, 5.41) is 0. The number of nitrogens with zero attached hydrogens (tertiary/aromatic N) is 2. The number of halogens is 1. The van der Waals surface area contributed by atoms with Gasteiger partial charge in [-0.25, -0.2) is 9.18 Å². The number of ether oxygens (including phenoxy) is 1. The second kappa shape index (κ2) is 7.21. The molecule has 0 spiro atoms. The zero-order chi connectivity index (χ0) is 19.1. The second-order valence-corrected chi connectivity index (χ2v) is 8.25. The molecule has 5 heteroatoms. The Balaban J connectivity index is 1.42. The summed E-state index contributed by atoms with van der Waals surface area (Å²) >= 11 is 0. The number of benzene rings is 2. The maximum absolute atomic E-state index is 13.5. The van der Waals surface area contributed by atoms with Crippen molar-refractivity contribution in [3.8, 4) is 0 Å². The molecule has 0 saturated carbocycles. The van der Waals surface area contributed by atoms with Gasteiger partial charge in [0.1, 0.15) is 11.9 Å². The highest BCUT2D eigenvalue weighted by Gasteiger charge is 2.37. The van der Waals surface area contributed by atoms with Crippen LogP contribution in [-0.2, 0) is 11.2 Å². The molecule has 0 radical (unpaired) electrons. The first-order chi connectivity index (χ1) is 13.7. The van der Waals surface area contributed by atoms with E-state index >= 15 is 0 Å². The Labute approximate surface area is 164 Å². The highest BCUT2D eigenvalue weighted by molar-refractivity contribution is 5.70. The van der Waals surface area contributed by atoms with Gasteiger partial charge in [-0.05, 0) is 60.5 Å². The third-order valence-corrected chi connectivity index (χ3v) is 6.40. The molecule has 3 aliphatic rings. The summed E-state index contributed by atoms with van der Waals surface area (Å²) in [5.74, 6) is 0.384. The number of hydrogen-bond acceptors (Lipinski definition) is 3. The largest absolute Gasteiger partial charge is 0.445 e. The standard InChI is InChI=1S/C23H25FN2O2/c24-19-7-5-18(6-8-19)22-21-4-2-1-3-17(21)10-12-26(22)23(27)28-20-13-16-9-11-25(14-16)15-20/h1-8,16,20,22H,9-15H2/t16?,20?,22-/m0/s1. The highest BCUT2D eigenvalue weighted by atomic mass is 19.1. The minimum Gasteiger partial charge on any atom is -0.445 e. The maximum Gasteiger partial charge on any atom is 0.410 e. The molecule has 4 nitrogen and oxygen atoms in total. The van der Waals surface area contributed by atoms with E-state index < -0.39 is 0 Å². The average Bonchev–Trinajstić information content (AvgIpc) is 3.06. The van der Waals surface area contributed by atoms with Crippen LogP contribution in [0.5, 0.6) is 0 Å². The fourth-order valence-corrected chi connectivity index (χ4v) is 5.07. The van der Waals surface area contributed by atoms with E-state index in [1.165, 1.54) is 24.1 Å². The van der Waals surface area contributed by atoms with Crippen molar-refractivity contribution in [2.45, 2.75) is 31.4 Å². The zero-order valence-corrected chi connectivity index (χ0v) is 15.9. The minimum absolute atomic E-state index is 0.0280. The molecule has 2 fully saturated rings. The summed E-state index contributed by atoms with van der Waals surface area (Å²) in [4.78, 5) is 17.4. The van der Waals surface area contributed by atoms with Gasteiger partial charge in [0.2, 0.25) is 0 Å². The fourth-order valence-electron chi connectivity index (χ4n) is 5.07. The lowest BCUT2D eigenvalue weighted by atomic mass is 9.88. The van der Waals surface area contributed by atoms with Crippen molar-refractivity contribution in [3.05, 3.63) is 71.0 Å². The van der Waals surface area contributed by atoms with E-state index in [0.29, 0.717) is 12.5 Å². The molecule has 0 N–H and O–H groups in total. The van der Waals surface area contributed by atoms with E-state index in [0.717, 1.165) is 43.6 Å². The molecule has 3 unspecified atom stereocenters. The number of amides is 1. The molecular weight excluding hydrogens is 355 g/mol. The van der Waals surface area contributed by atoms with Gasteiger partial charge < -0.3 is 4.74 Å². The van der Waals surface area contributed by atoms with E-state index in [2.05, 4.69) is 17.0 Å².